The van der Waals surface area contributed by atoms with Gasteiger partial charge in [0.1, 0.15) is 12.2 Å². The summed E-state index contributed by atoms with van der Waals surface area (Å²) in [5, 5.41) is 9.83. The maximum Gasteiger partial charge on any atom is 0.165 e. The van der Waals surface area contributed by atoms with Gasteiger partial charge in [0.05, 0.1) is 6.10 Å². The zero-order valence-corrected chi connectivity index (χ0v) is 13.9. The van der Waals surface area contributed by atoms with E-state index in [1.165, 1.54) is 0 Å². The SMILES string of the molecule is CN(c1ncnc2c1nc(-c1ccccc1)n2C)[C@@H]1CC[C@H](O)C1. The zero-order valence-electron chi connectivity index (χ0n) is 13.9. The fourth-order valence-corrected chi connectivity index (χ4v) is 3.55. The first-order chi connectivity index (χ1) is 11.6. The fourth-order valence-electron chi connectivity index (χ4n) is 3.55. The summed E-state index contributed by atoms with van der Waals surface area (Å²) in [6.45, 7) is 0. The van der Waals surface area contributed by atoms with Crippen molar-refractivity contribution in [2.45, 2.75) is 31.4 Å². The van der Waals surface area contributed by atoms with Gasteiger partial charge < -0.3 is 14.6 Å². The summed E-state index contributed by atoms with van der Waals surface area (Å²) in [6.07, 6.45) is 3.98. The van der Waals surface area contributed by atoms with Crippen LogP contribution in [0.5, 0.6) is 0 Å². The number of imidazole rings is 1. The summed E-state index contributed by atoms with van der Waals surface area (Å²) in [6, 6.07) is 10.4. The third-order valence-corrected chi connectivity index (χ3v) is 4.93. The maximum atomic E-state index is 9.83. The van der Waals surface area contributed by atoms with Crippen LogP contribution in [0.3, 0.4) is 0 Å². The highest BCUT2D eigenvalue weighted by molar-refractivity contribution is 5.86. The molecule has 0 radical (unpaired) electrons. The van der Waals surface area contributed by atoms with Gasteiger partial charge in [-0.25, -0.2) is 15.0 Å². The third kappa shape index (κ3) is 2.43. The number of aliphatic hydroxyl groups is 1. The fraction of sp³-hybridized carbons (Fsp3) is 0.389. The lowest BCUT2D eigenvalue weighted by Gasteiger charge is -2.25. The Labute approximate surface area is 140 Å². The third-order valence-electron chi connectivity index (χ3n) is 4.93. The van der Waals surface area contributed by atoms with E-state index < -0.39 is 0 Å². The van der Waals surface area contributed by atoms with Crippen molar-refractivity contribution >= 4 is 17.0 Å². The molecule has 6 heteroatoms. The van der Waals surface area contributed by atoms with Crippen LogP contribution in [0.1, 0.15) is 19.3 Å². The number of hydrogen-bond acceptors (Lipinski definition) is 5. The highest BCUT2D eigenvalue weighted by Crippen LogP contribution is 2.31. The first-order valence-corrected chi connectivity index (χ1v) is 8.29. The van der Waals surface area contributed by atoms with Crippen molar-refractivity contribution in [2.75, 3.05) is 11.9 Å². The Hall–Kier alpha value is -2.47. The molecule has 2 aromatic heterocycles. The predicted molar refractivity (Wildman–Crippen MR) is 93.8 cm³/mol. The molecule has 0 bridgehead atoms. The van der Waals surface area contributed by atoms with E-state index in [1.807, 2.05) is 49.0 Å². The smallest absolute Gasteiger partial charge is 0.165 e. The predicted octanol–water partition coefficient (Wildman–Crippen LogP) is 2.38. The number of aryl methyl sites for hydroxylation is 1. The number of hydrogen-bond donors (Lipinski definition) is 1. The molecule has 0 aliphatic heterocycles. The van der Waals surface area contributed by atoms with Gasteiger partial charge in [-0.2, -0.15) is 0 Å². The molecule has 0 spiro atoms. The van der Waals surface area contributed by atoms with E-state index >= 15 is 0 Å². The highest BCUT2D eigenvalue weighted by atomic mass is 16.3. The number of fused-ring (bicyclic) bond motifs is 1. The van der Waals surface area contributed by atoms with Gasteiger partial charge in [0.2, 0.25) is 0 Å². The minimum absolute atomic E-state index is 0.210. The lowest BCUT2D eigenvalue weighted by Crippen LogP contribution is -2.30. The van der Waals surface area contributed by atoms with E-state index in [0.29, 0.717) is 6.04 Å². The average molecular weight is 323 g/mol. The van der Waals surface area contributed by atoms with Crippen LogP contribution in [-0.4, -0.2) is 43.8 Å². The molecule has 0 saturated heterocycles. The molecule has 4 rings (SSSR count). The van der Waals surface area contributed by atoms with Crippen molar-refractivity contribution in [3.8, 4) is 11.4 Å². The lowest BCUT2D eigenvalue weighted by atomic mass is 10.2. The number of aromatic nitrogens is 4. The number of anilines is 1. The summed E-state index contributed by atoms with van der Waals surface area (Å²) in [5.41, 5.74) is 2.69. The molecule has 2 heterocycles. The van der Waals surface area contributed by atoms with Gasteiger partial charge >= 0.3 is 0 Å². The first kappa shape index (κ1) is 15.1. The van der Waals surface area contributed by atoms with Crippen LogP contribution in [-0.2, 0) is 7.05 Å². The molecule has 6 nitrogen and oxygen atoms in total. The topological polar surface area (TPSA) is 67.1 Å². The molecule has 1 aliphatic carbocycles. The largest absolute Gasteiger partial charge is 0.393 e. The van der Waals surface area contributed by atoms with Crippen molar-refractivity contribution in [3.63, 3.8) is 0 Å². The van der Waals surface area contributed by atoms with Crippen LogP contribution in [0.25, 0.3) is 22.6 Å². The quantitative estimate of drug-likeness (QED) is 0.801. The molecule has 124 valence electrons. The molecule has 0 amide bonds. The minimum atomic E-state index is -0.210. The summed E-state index contributed by atoms with van der Waals surface area (Å²) < 4.78 is 2.01. The second kappa shape index (κ2) is 5.87. The van der Waals surface area contributed by atoms with Gasteiger partial charge in [-0.05, 0) is 19.3 Å². The van der Waals surface area contributed by atoms with Crippen LogP contribution in [0, 0.1) is 0 Å². The van der Waals surface area contributed by atoms with Crippen molar-refractivity contribution in [2.24, 2.45) is 7.05 Å². The zero-order chi connectivity index (χ0) is 16.7. The molecular weight excluding hydrogens is 302 g/mol. The van der Waals surface area contributed by atoms with Crippen LogP contribution in [0.2, 0.25) is 0 Å². The molecule has 1 fully saturated rings. The number of aliphatic hydroxyl groups excluding tert-OH is 1. The molecule has 0 unspecified atom stereocenters. The lowest BCUT2D eigenvalue weighted by molar-refractivity contribution is 0.181. The van der Waals surface area contributed by atoms with Crippen molar-refractivity contribution in [1.82, 2.24) is 19.5 Å². The van der Waals surface area contributed by atoms with Crippen molar-refractivity contribution < 1.29 is 5.11 Å². The van der Waals surface area contributed by atoms with Crippen LogP contribution in [0.4, 0.5) is 5.82 Å². The van der Waals surface area contributed by atoms with Gasteiger partial charge in [-0.3, -0.25) is 0 Å². The Balaban J connectivity index is 1.80. The Morgan fingerprint density at radius 2 is 1.96 bits per heavy atom. The molecule has 3 aromatic rings. The Kier molecular flexibility index (Phi) is 3.69. The van der Waals surface area contributed by atoms with Crippen molar-refractivity contribution in [3.05, 3.63) is 36.7 Å². The maximum absolute atomic E-state index is 9.83. The highest BCUT2D eigenvalue weighted by Gasteiger charge is 2.28. The Morgan fingerprint density at radius 3 is 2.67 bits per heavy atom. The molecule has 2 atom stereocenters. The van der Waals surface area contributed by atoms with Gasteiger partial charge in [-0.1, -0.05) is 30.3 Å². The standard InChI is InChI=1S/C18H21N5O/c1-22(13-8-9-14(24)10-13)17-15-18(20-11-19-17)23(2)16(21-15)12-6-4-3-5-7-12/h3-7,11,13-14,24H,8-10H2,1-2H3/t13-,14+/m1/s1. The summed E-state index contributed by atoms with van der Waals surface area (Å²) in [7, 11) is 4.01. The summed E-state index contributed by atoms with van der Waals surface area (Å²) in [4.78, 5) is 15.9. The van der Waals surface area contributed by atoms with E-state index in [0.717, 1.165) is 47.6 Å². The molecule has 1 N–H and O–H groups in total. The number of nitrogens with zero attached hydrogens (tertiary/aromatic N) is 5. The van der Waals surface area contributed by atoms with E-state index in [4.69, 9.17) is 4.98 Å². The second-order valence-electron chi connectivity index (χ2n) is 6.46. The van der Waals surface area contributed by atoms with E-state index in [2.05, 4.69) is 14.9 Å². The monoisotopic (exact) mass is 323 g/mol. The minimum Gasteiger partial charge on any atom is -0.393 e. The normalized spacial score (nSPS) is 20.6. The Bertz CT molecular complexity index is 860. The number of rotatable bonds is 3. The average Bonchev–Trinajstić information content (AvgIpc) is 3.19. The van der Waals surface area contributed by atoms with E-state index in [-0.39, 0.29) is 6.10 Å². The van der Waals surface area contributed by atoms with Gasteiger partial charge in [0.15, 0.2) is 17.0 Å². The molecular formula is C18H21N5O. The van der Waals surface area contributed by atoms with E-state index in [9.17, 15) is 5.11 Å². The molecule has 1 aromatic carbocycles. The van der Waals surface area contributed by atoms with Crippen molar-refractivity contribution in [1.29, 1.82) is 0 Å². The molecule has 1 saturated carbocycles. The number of benzene rings is 1. The van der Waals surface area contributed by atoms with Crippen LogP contribution < -0.4 is 4.90 Å². The van der Waals surface area contributed by atoms with Crippen LogP contribution >= 0.6 is 0 Å². The molecule has 1 aliphatic rings. The first-order valence-electron chi connectivity index (χ1n) is 8.29. The van der Waals surface area contributed by atoms with Gasteiger partial charge in [-0.15, -0.1) is 0 Å². The summed E-state index contributed by atoms with van der Waals surface area (Å²) in [5.74, 6) is 1.71. The van der Waals surface area contributed by atoms with Gasteiger partial charge in [0, 0.05) is 25.7 Å². The second-order valence-corrected chi connectivity index (χ2v) is 6.46. The molecule has 24 heavy (non-hydrogen) atoms. The van der Waals surface area contributed by atoms with Gasteiger partial charge in [0.25, 0.3) is 0 Å². The van der Waals surface area contributed by atoms with Crippen LogP contribution in [0.15, 0.2) is 36.7 Å². The van der Waals surface area contributed by atoms with E-state index in [1.54, 1.807) is 6.33 Å². The Morgan fingerprint density at radius 1 is 1.17 bits per heavy atom. The summed E-state index contributed by atoms with van der Waals surface area (Å²) >= 11 is 0.